The fourth-order valence-electron chi connectivity index (χ4n) is 1.28. The van der Waals surface area contributed by atoms with Crippen molar-refractivity contribution in [3.05, 3.63) is 35.9 Å². The van der Waals surface area contributed by atoms with Crippen LogP contribution in [0, 0.1) is 0 Å². The van der Waals surface area contributed by atoms with E-state index in [1.165, 1.54) is 0 Å². The minimum Gasteiger partial charge on any atom is -0.481 e. The summed E-state index contributed by atoms with van der Waals surface area (Å²) in [5.74, 6) is 0.182. The van der Waals surface area contributed by atoms with Gasteiger partial charge in [0.05, 0.1) is 5.92 Å². The molecule has 0 aliphatic heterocycles. The highest BCUT2D eigenvalue weighted by Gasteiger charge is 2.18. The Morgan fingerprint density at radius 2 is 2.07 bits per heavy atom. The second-order valence-corrected chi connectivity index (χ2v) is 4.31. The molecule has 1 aromatic rings. The number of aliphatic carboxylic acids is 1. The number of rotatable bonds is 6. The van der Waals surface area contributed by atoms with Gasteiger partial charge in [-0.2, -0.15) is 11.8 Å². The van der Waals surface area contributed by atoms with Crippen molar-refractivity contribution in [1.29, 1.82) is 0 Å². The monoisotopic (exact) mass is 225 g/mol. The molecule has 15 heavy (non-hydrogen) atoms. The summed E-state index contributed by atoms with van der Waals surface area (Å²) in [5.41, 5.74) is 6.22. The molecule has 0 saturated heterocycles. The molecule has 1 atom stereocenters. The molecule has 0 amide bonds. The van der Waals surface area contributed by atoms with Gasteiger partial charge in [0.2, 0.25) is 0 Å². The van der Waals surface area contributed by atoms with Crippen LogP contribution in [-0.4, -0.2) is 29.1 Å². The third-order valence-electron chi connectivity index (χ3n) is 2.05. The fourth-order valence-corrected chi connectivity index (χ4v) is 2.18. The molecule has 0 heterocycles. The zero-order chi connectivity index (χ0) is 11.1. The topological polar surface area (TPSA) is 63.3 Å². The Kier molecular flexibility index (Phi) is 5.21. The normalized spacial score (nSPS) is 12.3. The number of carbonyl (C=O) groups is 1. The van der Waals surface area contributed by atoms with Gasteiger partial charge < -0.3 is 10.8 Å². The molecular weight excluding hydrogens is 210 g/mol. The summed E-state index contributed by atoms with van der Waals surface area (Å²) in [7, 11) is 0. The lowest BCUT2D eigenvalue weighted by atomic mass is 10.0. The Bertz CT molecular complexity index is 303. The van der Waals surface area contributed by atoms with Gasteiger partial charge in [0.25, 0.3) is 0 Å². The van der Waals surface area contributed by atoms with Gasteiger partial charge in [0, 0.05) is 18.1 Å². The van der Waals surface area contributed by atoms with Crippen LogP contribution < -0.4 is 5.73 Å². The van der Waals surface area contributed by atoms with Crippen LogP contribution in [-0.2, 0) is 4.79 Å². The van der Waals surface area contributed by atoms with E-state index in [0.29, 0.717) is 12.3 Å². The predicted molar refractivity (Wildman–Crippen MR) is 63.2 cm³/mol. The van der Waals surface area contributed by atoms with Gasteiger partial charge in [-0.05, 0) is 5.56 Å². The number of carboxylic acids is 1. The molecule has 82 valence electrons. The second-order valence-electron chi connectivity index (χ2n) is 3.17. The predicted octanol–water partition coefficient (Wildman–Crippen LogP) is 1.55. The number of hydrogen-bond donors (Lipinski definition) is 2. The average molecular weight is 225 g/mol. The highest BCUT2D eigenvalue weighted by molar-refractivity contribution is 7.99. The van der Waals surface area contributed by atoms with Crippen LogP contribution in [0.1, 0.15) is 11.5 Å². The van der Waals surface area contributed by atoms with Gasteiger partial charge in [-0.3, -0.25) is 4.79 Å². The van der Waals surface area contributed by atoms with E-state index in [1.807, 2.05) is 30.3 Å². The quantitative estimate of drug-likeness (QED) is 0.721. The molecule has 1 unspecified atom stereocenters. The van der Waals surface area contributed by atoms with Crippen LogP contribution in [0.4, 0.5) is 0 Å². The lowest BCUT2D eigenvalue weighted by molar-refractivity contribution is -0.138. The Labute approximate surface area is 93.7 Å². The van der Waals surface area contributed by atoms with Crippen molar-refractivity contribution >= 4 is 17.7 Å². The van der Waals surface area contributed by atoms with Crippen molar-refractivity contribution in [2.24, 2.45) is 5.73 Å². The minimum absolute atomic E-state index is 0.428. The van der Waals surface area contributed by atoms with E-state index in [4.69, 9.17) is 10.8 Å². The molecule has 3 nitrogen and oxygen atoms in total. The standard InChI is InChI=1S/C11H15NO2S/c12-6-7-15-8-10(11(13)14)9-4-2-1-3-5-9/h1-5,10H,6-8,12H2,(H,13,14). The largest absolute Gasteiger partial charge is 0.481 e. The van der Waals surface area contributed by atoms with Crippen molar-refractivity contribution in [2.45, 2.75) is 5.92 Å². The first-order chi connectivity index (χ1) is 7.25. The highest BCUT2D eigenvalue weighted by atomic mass is 32.2. The summed E-state index contributed by atoms with van der Waals surface area (Å²) < 4.78 is 0. The first-order valence-corrected chi connectivity index (χ1v) is 5.96. The summed E-state index contributed by atoms with van der Waals surface area (Å²) in [6.07, 6.45) is 0. The van der Waals surface area contributed by atoms with Crippen LogP contribution >= 0.6 is 11.8 Å². The van der Waals surface area contributed by atoms with E-state index < -0.39 is 11.9 Å². The Morgan fingerprint density at radius 1 is 1.40 bits per heavy atom. The molecule has 3 N–H and O–H groups in total. The van der Waals surface area contributed by atoms with Gasteiger partial charge in [0.1, 0.15) is 0 Å². The maximum absolute atomic E-state index is 11.0. The van der Waals surface area contributed by atoms with Gasteiger partial charge in [-0.15, -0.1) is 0 Å². The van der Waals surface area contributed by atoms with Crippen LogP contribution in [0.3, 0.4) is 0 Å². The summed E-state index contributed by atoms with van der Waals surface area (Å²) in [4.78, 5) is 11.0. The van der Waals surface area contributed by atoms with Crippen LogP contribution in [0.25, 0.3) is 0 Å². The van der Waals surface area contributed by atoms with Crippen LogP contribution in [0.15, 0.2) is 30.3 Å². The van der Waals surface area contributed by atoms with Crippen LogP contribution in [0.5, 0.6) is 0 Å². The molecule has 0 saturated carbocycles. The van der Waals surface area contributed by atoms with Crippen LogP contribution in [0.2, 0.25) is 0 Å². The summed E-state index contributed by atoms with van der Waals surface area (Å²) in [6, 6.07) is 9.30. The van der Waals surface area contributed by atoms with Gasteiger partial charge >= 0.3 is 5.97 Å². The number of nitrogens with two attached hydrogens (primary N) is 1. The summed E-state index contributed by atoms with van der Waals surface area (Å²) in [6.45, 7) is 0.589. The molecule has 0 bridgehead atoms. The second kappa shape index (κ2) is 6.48. The maximum atomic E-state index is 11.0. The number of benzene rings is 1. The van der Waals surface area contributed by atoms with E-state index in [1.54, 1.807) is 11.8 Å². The zero-order valence-electron chi connectivity index (χ0n) is 8.43. The molecule has 0 aliphatic carbocycles. The summed E-state index contributed by atoms with van der Waals surface area (Å²) in [5, 5.41) is 9.08. The Hall–Kier alpha value is -1.00. The van der Waals surface area contributed by atoms with E-state index in [2.05, 4.69) is 0 Å². The Morgan fingerprint density at radius 3 is 2.60 bits per heavy atom. The third-order valence-corrected chi connectivity index (χ3v) is 3.14. The van der Waals surface area contributed by atoms with Crippen molar-refractivity contribution < 1.29 is 9.90 Å². The van der Waals surface area contributed by atoms with E-state index in [9.17, 15) is 4.79 Å². The Balaban J connectivity index is 2.62. The lowest BCUT2D eigenvalue weighted by Crippen LogP contribution is -2.15. The SMILES string of the molecule is NCCSCC(C(=O)O)c1ccccc1. The molecular formula is C11H15NO2S. The summed E-state index contributed by atoms with van der Waals surface area (Å²) >= 11 is 1.58. The molecule has 0 spiro atoms. The van der Waals surface area contributed by atoms with Crippen molar-refractivity contribution in [3.63, 3.8) is 0 Å². The first-order valence-electron chi connectivity index (χ1n) is 4.81. The lowest BCUT2D eigenvalue weighted by Gasteiger charge is -2.11. The van der Waals surface area contributed by atoms with Gasteiger partial charge in [-0.25, -0.2) is 0 Å². The molecule has 4 heteroatoms. The van der Waals surface area contributed by atoms with E-state index in [0.717, 1.165) is 11.3 Å². The highest BCUT2D eigenvalue weighted by Crippen LogP contribution is 2.20. The fraction of sp³-hybridized carbons (Fsp3) is 0.364. The molecule has 0 aliphatic rings. The molecule has 0 radical (unpaired) electrons. The zero-order valence-corrected chi connectivity index (χ0v) is 9.24. The van der Waals surface area contributed by atoms with Crippen molar-refractivity contribution in [2.75, 3.05) is 18.1 Å². The number of carboxylic acid groups (broad SMARTS) is 1. The first kappa shape index (κ1) is 12.1. The van der Waals surface area contributed by atoms with Gasteiger partial charge in [-0.1, -0.05) is 30.3 Å². The maximum Gasteiger partial charge on any atom is 0.311 e. The van der Waals surface area contributed by atoms with Crippen molar-refractivity contribution in [1.82, 2.24) is 0 Å². The average Bonchev–Trinajstić information content (AvgIpc) is 2.25. The number of hydrogen-bond acceptors (Lipinski definition) is 3. The van der Waals surface area contributed by atoms with E-state index >= 15 is 0 Å². The van der Waals surface area contributed by atoms with E-state index in [-0.39, 0.29) is 0 Å². The van der Waals surface area contributed by atoms with Gasteiger partial charge in [0.15, 0.2) is 0 Å². The molecule has 1 aromatic carbocycles. The minimum atomic E-state index is -0.772. The number of thioether (sulfide) groups is 1. The van der Waals surface area contributed by atoms with Crippen molar-refractivity contribution in [3.8, 4) is 0 Å². The molecule has 0 aromatic heterocycles. The third kappa shape index (κ3) is 3.93. The molecule has 0 fully saturated rings. The molecule has 1 rings (SSSR count). The smallest absolute Gasteiger partial charge is 0.311 e.